The van der Waals surface area contributed by atoms with E-state index >= 15 is 0 Å². The predicted octanol–water partition coefficient (Wildman–Crippen LogP) is 8.64. The molecule has 1 saturated carbocycles. The van der Waals surface area contributed by atoms with E-state index < -0.39 is 0 Å². The first-order valence-corrected chi connectivity index (χ1v) is 12.6. The summed E-state index contributed by atoms with van der Waals surface area (Å²) in [7, 11) is 0. The minimum atomic E-state index is 0.690. The van der Waals surface area contributed by atoms with Crippen molar-refractivity contribution < 1.29 is 0 Å². The van der Waals surface area contributed by atoms with Gasteiger partial charge in [0.15, 0.2) is 0 Å². The highest BCUT2D eigenvalue weighted by atomic mass is 14.3. The molecule has 0 saturated heterocycles. The number of benzene rings is 2. The van der Waals surface area contributed by atoms with Crippen LogP contribution in [0.1, 0.15) is 99.8 Å². The van der Waals surface area contributed by atoms with Gasteiger partial charge in [-0.25, -0.2) is 0 Å². The van der Waals surface area contributed by atoms with Gasteiger partial charge in [-0.3, -0.25) is 0 Å². The Morgan fingerprint density at radius 2 is 1.35 bits per heavy atom. The summed E-state index contributed by atoms with van der Waals surface area (Å²) in [5.41, 5.74) is 5.59. The maximum absolute atomic E-state index is 3.30. The van der Waals surface area contributed by atoms with Crippen molar-refractivity contribution in [1.29, 1.82) is 0 Å². The van der Waals surface area contributed by atoms with Gasteiger partial charge in [-0.05, 0) is 98.1 Å². The predicted molar refractivity (Wildman–Crippen MR) is 135 cm³/mol. The van der Waals surface area contributed by atoms with Crippen LogP contribution in [0.3, 0.4) is 0 Å². The molecule has 1 aliphatic rings. The Morgan fingerprint density at radius 3 is 2.00 bits per heavy atom. The van der Waals surface area contributed by atoms with E-state index in [1.165, 1.54) is 81.8 Å². The van der Waals surface area contributed by atoms with Gasteiger partial charge >= 0.3 is 0 Å². The maximum Gasteiger partial charge on any atom is 0.0249 e. The van der Waals surface area contributed by atoms with Crippen LogP contribution in [0.4, 0.5) is 0 Å². The van der Waals surface area contributed by atoms with E-state index in [4.69, 9.17) is 0 Å². The summed E-state index contributed by atoms with van der Waals surface area (Å²) < 4.78 is 0. The van der Waals surface area contributed by atoms with Gasteiger partial charge in [0.05, 0.1) is 0 Å². The van der Waals surface area contributed by atoms with Gasteiger partial charge in [0.1, 0.15) is 0 Å². The quantitative estimate of drug-likeness (QED) is 0.285. The number of rotatable bonds is 9. The van der Waals surface area contributed by atoms with Gasteiger partial charge in [0.2, 0.25) is 0 Å². The molecule has 0 amide bonds. The van der Waals surface area contributed by atoms with Gasteiger partial charge in [-0.2, -0.15) is 0 Å². The summed E-state index contributed by atoms with van der Waals surface area (Å²) in [6, 6.07) is 18.3. The third-order valence-electron chi connectivity index (χ3n) is 6.73. The number of allylic oxidation sites excluding steroid dienone is 2. The molecule has 0 aliphatic heterocycles. The van der Waals surface area contributed by atoms with E-state index in [-0.39, 0.29) is 0 Å². The summed E-state index contributed by atoms with van der Waals surface area (Å²) in [6.07, 6.45) is 18.5. The van der Waals surface area contributed by atoms with Crippen molar-refractivity contribution in [3.63, 3.8) is 0 Å². The molecule has 1 fully saturated rings. The lowest BCUT2D eigenvalue weighted by Gasteiger charge is -2.27. The molecule has 0 bridgehead atoms. The van der Waals surface area contributed by atoms with E-state index in [0.717, 1.165) is 11.5 Å². The minimum Gasteiger partial charge on any atom is -0.0730 e. The molecular weight excluding hydrogens is 372 g/mol. The smallest absolute Gasteiger partial charge is 0.0249 e. The fraction of sp³-hybridized carbons (Fsp3) is 0.484. The molecule has 2 aromatic carbocycles. The zero-order valence-electron chi connectivity index (χ0n) is 19.7. The van der Waals surface area contributed by atoms with Gasteiger partial charge in [-0.1, -0.05) is 87.4 Å². The molecule has 0 unspecified atom stereocenters. The Balaban J connectivity index is 1.42. The fourth-order valence-corrected chi connectivity index (χ4v) is 4.63. The van der Waals surface area contributed by atoms with Crippen molar-refractivity contribution in [2.45, 2.75) is 90.4 Å². The average Bonchev–Trinajstić information content (AvgIpc) is 2.82. The van der Waals surface area contributed by atoms with Gasteiger partial charge in [0.25, 0.3) is 0 Å². The van der Waals surface area contributed by atoms with Crippen molar-refractivity contribution in [2.24, 2.45) is 5.92 Å². The first kappa shape index (κ1) is 23.4. The number of hydrogen-bond acceptors (Lipinski definition) is 0. The molecule has 0 N–H and O–H groups in total. The van der Waals surface area contributed by atoms with Crippen LogP contribution in [0.5, 0.6) is 0 Å². The third kappa shape index (κ3) is 8.06. The molecule has 164 valence electrons. The van der Waals surface area contributed by atoms with E-state index in [2.05, 4.69) is 86.4 Å². The van der Waals surface area contributed by atoms with Gasteiger partial charge in [0, 0.05) is 5.56 Å². The molecule has 0 heteroatoms. The van der Waals surface area contributed by atoms with E-state index in [1.54, 1.807) is 5.56 Å². The van der Waals surface area contributed by atoms with Crippen LogP contribution >= 0.6 is 0 Å². The summed E-state index contributed by atoms with van der Waals surface area (Å²) in [5.74, 6) is 7.98. The lowest BCUT2D eigenvalue weighted by atomic mass is 9.78. The van der Waals surface area contributed by atoms with Crippen LogP contribution in [0.2, 0.25) is 0 Å². The highest BCUT2D eigenvalue weighted by Gasteiger charge is 2.20. The molecule has 0 spiro atoms. The molecule has 0 heterocycles. The van der Waals surface area contributed by atoms with Crippen molar-refractivity contribution in [1.82, 2.24) is 0 Å². The molecule has 3 rings (SSSR count). The molecule has 0 nitrogen and oxygen atoms in total. The van der Waals surface area contributed by atoms with Crippen molar-refractivity contribution in [3.05, 3.63) is 82.9 Å². The van der Waals surface area contributed by atoms with Crippen LogP contribution in [0.25, 0.3) is 0 Å². The molecular formula is C31H40. The SMILES string of the molecule is CCCCCc1ccc(C#C/C=C/C2CCC(c3ccc(CCCC)cc3)CC2)cc1. The summed E-state index contributed by atoms with van der Waals surface area (Å²) in [5, 5.41) is 0. The second-order valence-corrected chi connectivity index (χ2v) is 9.24. The molecule has 1 aliphatic carbocycles. The topological polar surface area (TPSA) is 0 Å². The van der Waals surface area contributed by atoms with Crippen molar-refractivity contribution in [3.8, 4) is 11.8 Å². The zero-order valence-corrected chi connectivity index (χ0v) is 19.7. The highest BCUT2D eigenvalue weighted by Crippen LogP contribution is 2.36. The monoisotopic (exact) mass is 412 g/mol. The van der Waals surface area contributed by atoms with Gasteiger partial charge < -0.3 is 0 Å². The van der Waals surface area contributed by atoms with Crippen LogP contribution in [0.15, 0.2) is 60.7 Å². The molecule has 2 aromatic rings. The lowest BCUT2D eigenvalue weighted by Crippen LogP contribution is -2.11. The second kappa shape index (κ2) is 13.2. The summed E-state index contributed by atoms with van der Waals surface area (Å²) in [6.45, 7) is 4.52. The Kier molecular flexibility index (Phi) is 9.98. The summed E-state index contributed by atoms with van der Waals surface area (Å²) >= 11 is 0. The van der Waals surface area contributed by atoms with Crippen LogP contribution in [0, 0.1) is 17.8 Å². The van der Waals surface area contributed by atoms with E-state index in [0.29, 0.717) is 5.92 Å². The lowest BCUT2D eigenvalue weighted by molar-refractivity contribution is 0.376. The third-order valence-corrected chi connectivity index (χ3v) is 6.73. The first-order chi connectivity index (χ1) is 15.3. The Labute approximate surface area is 191 Å². The molecule has 0 aromatic heterocycles. The molecule has 31 heavy (non-hydrogen) atoms. The average molecular weight is 413 g/mol. The second-order valence-electron chi connectivity index (χ2n) is 9.24. The Morgan fingerprint density at radius 1 is 0.742 bits per heavy atom. The largest absolute Gasteiger partial charge is 0.0730 e. The van der Waals surface area contributed by atoms with E-state index in [1.807, 2.05) is 0 Å². The first-order valence-electron chi connectivity index (χ1n) is 12.6. The standard InChI is InChI=1S/C31H40/c1-3-5-7-11-27-14-16-28(17-15-27)12-8-9-13-29-20-24-31(25-21-29)30-22-18-26(19-23-30)10-6-4-2/h9,13-19,22-23,29,31H,3-7,10-11,20-21,24-25H2,1-2H3/b13-9+. The van der Waals surface area contributed by atoms with E-state index in [9.17, 15) is 0 Å². The summed E-state index contributed by atoms with van der Waals surface area (Å²) in [4.78, 5) is 0. The Hall–Kier alpha value is -2.26. The number of unbranched alkanes of at least 4 members (excludes halogenated alkanes) is 3. The normalized spacial score (nSPS) is 18.6. The van der Waals surface area contributed by atoms with Crippen LogP contribution in [-0.2, 0) is 12.8 Å². The zero-order chi connectivity index (χ0) is 21.7. The highest BCUT2D eigenvalue weighted by molar-refractivity contribution is 5.38. The van der Waals surface area contributed by atoms with Crippen LogP contribution < -0.4 is 0 Å². The Bertz CT molecular complexity index is 834. The fourth-order valence-electron chi connectivity index (χ4n) is 4.63. The van der Waals surface area contributed by atoms with Crippen LogP contribution in [-0.4, -0.2) is 0 Å². The number of aryl methyl sites for hydroxylation is 2. The number of hydrogen-bond donors (Lipinski definition) is 0. The molecule has 0 atom stereocenters. The van der Waals surface area contributed by atoms with Crippen molar-refractivity contribution in [2.75, 3.05) is 0 Å². The van der Waals surface area contributed by atoms with Crippen molar-refractivity contribution >= 4 is 0 Å². The maximum atomic E-state index is 3.30. The van der Waals surface area contributed by atoms with Gasteiger partial charge in [-0.15, -0.1) is 0 Å². The minimum absolute atomic E-state index is 0.690. The molecule has 0 radical (unpaired) electrons.